The molecule has 67 heavy (non-hydrogen) atoms. The Morgan fingerprint density at radius 2 is 1.16 bits per heavy atom. The number of anilines is 2. The minimum absolute atomic E-state index is 0.358. The highest BCUT2D eigenvalue weighted by Gasteiger charge is 2.38. The van der Waals surface area contributed by atoms with Gasteiger partial charge >= 0.3 is 0 Å². The summed E-state index contributed by atoms with van der Waals surface area (Å²) in [6.07, 6.45) is 10.5. The zero-order valence-corrected chi connectivity index (χ0v) is 40.7. The molecule has 2 saturated carbocycles. The largest absolute Gasteiger partial charge is 0.371 e. The van der Waals surface area contributed by atoms with E-state index < -0.39 is 22.7 Å². The fraction of sp³-hybridized carbons (Fsp3) is 0.385. The van der Waals surface area contributed by atoms with Crippen molar-refractivity contribution in [2.75, 3.05) is 16.0 Å². The third kappa shape index (κ3) is 7.80. The maximum absolute atomic E-state index is 15.7. The third-order valence-electron chi connectivity index (χ3n) is 13.6. The van der Waals surface area contributed by atoms with Gasteiger partial charge in [-0.3, -0.25) is 9.13 Å². The summed E-state index contributed by atoms with van der Waals surface area (Å²) >= 11 is 3.38. The monoisotopic (exact) mass is 974 g/mol. The summed E-state index contributed by atoms with van der Waals surface area (Å²) in [6, 6.07) is 12.7. The molecule has 0 unspecified atom stereocenters. The molecule has 12 rings (SSSR count). The molecule has 6 heterocycles. The topological polar surface area (TPSA) is 106 Å². The molecule has 4 aromatic heterocycles. The van der Waals surface area contributed by atoms with Crippen LogP contribution in [0.5, 0.6) is 0 Å². The van der Waals surface area contributed by atoms with E-state index in [1.807, 2.05) is 82.9 Å². The van der Waals surface area contributed by atoms with E-state index in [2.05, 4.69) is 56.5 Å². The highest BCUT2D eigenvalue weighted by molar-refractivity contribution is 9.09. The van der Waals surface area contributed by atoms with Crippen molar-refractivity contribution in [3.8, 4) is 33.6 Å². The molecule has 4 aliphatic rings. The summed E-state index contributed by atoms with van der Waals surface area (Å²) in [5.74, 6) is 3.36. The number of nitrogens with one attached hydrogen (secondary N) is 3. The Labute approximate surface area is 395 Å². The van der Waals surface area contributed by atoms with Crippen molar-refractivity contribution >= 4 is 49.1 Å². The van der Waals surface area contributed by atoms with Gasteiger partial charge in [0.05, 0.1) is 39.3 Å². The lowest BCUT2D eigenvalue weighted by atomic mass is 9.91. The fourth-order valence-electron chi connectivity index (χ4n) is 9.93. The van der Waals surface area contributed by atoms with Gasteiger partial charge in [-0.05, 0) is 150 Å². The van der Waals surface area contributed by atoms with Crippen molar-refractivity contribution in [1.82, 2.24) is 39.1 Å². The molecule has 0 saturated heterocycles. The van der Waals surface area contributed by atoms with Crippen LogP contribution in [0.2, 0.25) is 0 Å². The van der Waals surface area contributed by atoms with Crippen LogP contribution in [-0.2, 0) is 30.5 Å². The van der Waals surface area contributed by atoms with Crippen molar-refractivity contribution in [3.05, 3.63) is 119 Å². The van der Waals surface area contributed by atoms with E-state index in [1.54, 1.807) is 12.3 Å². The lowest BCUT2D eigenvalue weighted by molar-refractivity contribution is 0.531. The Hall–Kier alpha value is -5.96. The zero-order valence-electron chi connectivity index (χ0n) is 39.1. The fourth-order valence-corrected chi connectivity index (χ4v) is 10.6. The second kappa shape index (κ2) is 16.7. The van der Waals surface area contributed by atoms with Crippen LogP contribution >= 0.6 is 15.9 Å². The lowest BCUT2D eigenvalue weighted by Crippen LogP contribution is -2.36. The van der Waals surface area contributed by atoms with Crippen LogP contribution in [0.25, 0.3) is 55.4 Å². The van der Waals surface area contributed by atoms with E-state index in [0.717, 1.165) is 69.0 Å². The summed E-state index contributed by atoms with van der Waals surface area (Å²) in [5, 5.41) is 27.3. The predicted molar refractivity (Wildman–Crippen MR) is 262 cm³/mol. The Bertz CT molecular complexity index is 3240. The molecule has 3 N–H and O–H groups in total. The number of aromatic amines is 1. The van der Waals surface area contributed by atoms with Crippen molar-refractivity contribution in [2.45, 2.75) is 112 Å². The predicted octanol–water partition coefficient (Wildman–Crippen LogP) is 13.1. The minimum Gasteiger partial charge on any atom is -0.371 e. The number of H-pyrrole nitrogens is 1. The summed E-state index contributed by atoms with van der Waals surface area (Å²) in [4.78, 5) is 3.01. The number of rotatable bonds is 7. The van der Waals surface area contributed by atoms with Crippen molar-refractivity contribution in [1.29, 1.82) is 0 Å². The summed E-state index contributed by atoms with van der Waals surface area (Å²) in [7, 11) is 0. The molecule has 0 atom stereocenters. The highest BCUT2D eigenvalue weighted by Crippen LogP contribution is 2.47. The minimum atomic E-state index is -0.500. The molecule has 2 aliphatic heterocycles. The molecule has 8 aromatic rings. The number of nitrogens with zero attached hydrogens (tertiary/aromatic N) is 7. The molecule has 0 amide bonds. The van der Waals surface area contributed by atoms with E-state index in [1.165, 1.54) is 61.3 Å². The first-order valence-corrected chi connectivity index (χ1v) is 24.4. The molecule has 348 valence electrons. The second-order valence-electron chi connectivity index (χ2n) is 19.6. The van der Waals surface area contributed by atoms with Crippen molar-refractivity contribution in [3.63, 3.8) is 0 Å². The van der Waals surface area contributed by atoms with Gasteiger partial charge in [-0.1, -0.05) is 29.8 Å². The molecular weight excluding hydrogens is 921 g/mol. The highest BCUT2D eigenvalue weighted by atomic mass is 79.9. The van der Waals surface area contributed by atoms with Crippen LogP contribution in [0.4, 0.5) is 28.9 Å². The average molecular weight is 976 g/mol. The molecular formula is C52H55BrF4N10. The van der Waals surface area contributed by atoms with Crippen LogP contribution < -0.4 is 10.6 Å². The molecule has 0 bridgehead atoms. The molecule has 2 aliphatic carbocycles. The van der Waals surface area contributed by atoms with Crippen LogP contribution in [0, 0.1) is 49.0 Å². The second-order valence-corrected chi connectivity index (χ2v) is 20.2. The molecule has 4 aromatic carbocycles. The van der Waals surface area contributed by atoms with E-state index in [4.69, 9.17) is 0 Å². The lowest BCUT2D eigenvalue weighted by Gasteiger charge is -2.35. The summed E-state index contributed by atoms with van der Waals surface area (Å²) in [6.45, 7) is 16.7. The van der Waals surface area contributed by atoms with Crippen molar-refractivity contribution in [2.24, 2.45) is 11.8 Å². The average Bonchev–Trinajstić information content (AvgIpc) is 4.05. The summed E-state index contributed by atoms with van der Waals surface area (Å²) < 4.78 is 66.4. The molecule has 2 fully saturated rings. The van der Waals surface area contributed by atoms with Crippen molar-refractivity contribution < 1.29 is 17.6 Å². The Balaban J connectivity index is 0.000000143. The smallest absolute Gasteiger partial charge is 0.162 e. The molecule has 0 radical (unpaired) electrons. The van der Waals surface area contributed by atoms with Gasteiger partial charge in [0.15, 0.2) is 11.6 Å². The zero-order chi connectivity index (χ0) is 47.3. The van der Waals surface area contributed by atoms with E-state index in [9.17, 15) is 8.78 Å². The number of benzene rings is 4. The van der Waals surface area contributed by atoms with Gasteiger partial charge < -0.3 is 20.2 Å². The number of alkyl halides is 1. The number of aromatic nitrogens is 8. The molecule has 15 heteroatoms. The first-order valence-electron chi connectivity index (χ1n) is 23.3. The van der Waals surface area contributed by atoms with E-state index >= 15 is 8.78 Å². The Kier molecular flexibility index (Phi) is 11.2. The van der Waals surface area contributed by atoms with Gasteiger partial charge in [-0.25, -0.2) is 17.6 Å². The van der Waals surface area contributed by atoms with Gasteiger partial charge in [-0.15, -0.1) is 20.4 Å². The van der Waals surface area contributed by atoms with Crippen LogP contribution in [0.1, 0.15) is 102 Å². The number of fused-ring (bicyclic) bond motifs is 8. The maximum atomic E-state index is 15.7. The normalized spacial score (nSPS) is 16.2. The maximum Gasteiger partial charge on any atom is 0.162 e. The van der Waals surface area contributed by atoms with E-state index in [-0.39, 0.29) is 11.6 Å². The first kappa shape index (κ1) is 44.9. The standard InChI is InChI=1S/C26H27F2N5.C22H21F2N5.C4H7Br/c1-5-22-30-31-25-26(3,4)29-20-12-19(28)23(14(2)24(20)33(22)25)18-10-16(27)11-21-17(18)8-9-32(21)13-15-6-7-15;1-5-18-27-28-21-22(3,4)26-17-10-15(24)19(11(2)20(17)29(18)21)14-8-12(23)9-16-13(14)6-7-25-16;5-3-4-1-2-4/h8-12,15,29H,5-7,13H2,1-4H3;6-10,25-26H,5H2,1-4H3;4H,1-3H2. The number of hydrogen-bond acceptors (Lipinski definition) is 6. The Morgan fingerprint density at radius 3 is 1.64 bits per heavy atom. The van der Waals surface area contributed by atoms with Gasteiger partial charge in [0.2, 0.25) is 0 Å². The van der Waals surface area contributed by atoms with Gasteiger partial charge in [0.25, 0.3) is 0 Å². The molecule has 10 nitrogen and oxygen atoms in total. The molecule has 0 spiro atoms. The third-order valence-corrected chi connectivity index (χ3v) is 14.6. The Morgan fingerprint density at radius 1 is 0.657 bits per heavy atom. The SMILES string of the molecule is BrCC1CC1.CCc1nnc2n1-c1c(cc(F)c(-c3cc(F)cc4[nH]ccc34)c1C)NC2(C)C.CCc1nnc2n1-c1c(cc(F)c(-c3cc(F)cc4c3ccn4CC3CC3)c1C)NC2(C)C. The van der Waals surface area contributed by atoms with Gasteiger partial charge in [0.1, 0.15) is 34.9 Å². The number of aryl methyl sites for hydroxylation is 2. The van der Waals surface area contributed by atoms with Gasteiger partial charge in [-0.2, -0.15) is 0 Å². The first-order chi connectivity index (χ1) is 32.0. The van der Waals surface area contributed by atoms with Crippen LogP contribution in [0.3, 0.4) is 0 Å². The number of hydrogen-bond donors (Lipinski definition) is 3. The van der Waals surface area contributed by atoms with Crippen LogP contribution in [0.15, 0.2) is 60.9 Å². The van der Waals surface area contributed by atoms with E-state index in [0.29, 0.717) is 63.5 Å². The van der Waals surface area contributed by atoms with Crippen LogP contribution in [-0.4, -0.2) is 44.4 Å². The number of halogens is 5. The quantitative estimate of drug-likeness (QED) is 0.109. The van der Waals surface area contributed by atoms with Gasteiger partial charge in [0, 0.05) is 64.5 Å². The summed E-state index contributed by atoms with van der Waals surface area (Å²) in [5.41, 5.74) is 6.83.